The van der Waals surface area contributed by atoms with Gasteiger partial charge in [-0.25, -0.2) is 8.42 Å². The number of rotatable bonds is 10. The molecule has 310 valence electrons. The Morgan fingerprint density at radius 1 is 0.607 bits per heavy atom. The lowest BCUT2D eigenvalue weighted by Crippen LogP contribution is -2.50. The fraction of sp³-hybridized carbons (Fsp3) is 0.271. The third kappa shape index (κ3) is 8.48. The van der Waals surface area contributed by atoms with Crippen molar-refractivity contribution in [2.24, 2.45) is 0 Å². The molecule has 2 fully saturated rings. The van der Waals surface area contributed by atoms with E-state index in [9.17, 15) is 13.2 Å². The average molecular weight is 833 g/mol. The number of aromatic nitrogens is 4. The van der Waals surface area contributed by atoms with Crippen LogP contribution in [-0.4, -0.2) is 109 Å². The van der Waals surface area contributed by atoms with Gasteiger partial charge in [0.25, 0.3) is 5.91 Å². The predicted octanol–water partition coefficient (Wildman–Crippen LogP) is 6.92. The van der Waals surface area contributed by atoms with Crippen molar-refractivity contribution in [3.8, 4) is 28.3 Å². The molecule has 2 saturated heterocycles. The monoisotopic (exact) mass is 832 g/mol. The van der Waals surface area contributed by atoms with Gasteiger partial charge >= 0.3 is 0 Å². The lowest BCUT2D eigenvalue weighted by Gasteiger charge is -2.35. The molecule has 0 bridgehead atoms. The topological polar surface area (TPSA) is 125 Å². The van der Waals surface area contributed by atoms with Gasteiger partial charge in [0.05, 0.1) is 6.26 Å². The molecule has 1 amide bonds. The number of ether oxygens (including phenoxy) is 1. The Hall–Kier alpha value is -6.44. The smallest absolute Gasteiger partial charge is 0.260 e. The molecule has 0 spiro atoms. The second-order valence-electron chi connectivity index (χ2n) is 16.0. The first-order valence-electron chi connectivity index (χ1n) is 20.7. The Kier molecular flexibility index (Phi) is 11.1. The predicted molar refractivity (Wildman–Crippen MR) is 242 cm³/mol. The maximum absolute atomic E-state index is 13.4. The number of aryl methyl sites for hydroxylation is 2. The molecule has 13 heteroatoms. The van der Waals surface area contributed by atoms with Crippen LogP contribution in [0.25, 0.3) is 44.1 Å². The molecule has 12 nitrogen and oxygen atoms in total. The van der Waals surface area contributed by atoms with Crippen LogP contribution in [0.15, 0.2) is 115 Å². The Balaban J connectivity index is 0.819. The summed E-state index contributed by atoms with van der Waals surface area (Å²) in [5, 5.41) is 22.8. The highest BCUT2D eigenvalue weighted by atomic mass is 32.2. The number of hydrogen-bond acceptors (Lipinski definition) is 10. The van der Waals surface area contributed by atoms with Crippen LogP contribution in [0.5, 0.6) is 5.75 Å². The summed E-state index contributed by atoms with van der Waals surface area (Å²) in [6.45, 7) is 8.54. The maximum atomic E-state index is 13.4. The molecule has 4 heterocycles. The summed E-state index contributed by atoms with van der Waals surface area (Å²) in [5.41, 5.74) is 8.28. The molecule has 0 atom stereocenters. The van der Waals surface area contributed by atoms with E-state index in [-0.39, 0.29) is 12.5 Å². The van der Waals surface area contributed by atoms with Crippen molar-refractivity contribution in [3.63, 3.8) is 0 Å². The number of benzene rings is 5. The zero-order chi connectivity index (χ0) is 42.1. The lowest BCUT2D eigenvalue weighted by molar-refractivity contribution is -0.133. The van der Waals surface area contributed by atoms with Crippen LogP contribution in [0.2, 0.25) is 0 Å². The summed E-state index contributed by atoms with van der Waals surface area (Å²) in [7, 11) is -3.23. The van der Waals surface area contributed by atoms with Gasteiger partial charge in [0.15, 0.2) is 18.2 Å². The Morgan fingerprint density at radius 2 is 1.11 bits per heavy atom. The van der Waals surface area contributed by atoms with Gasteiger partial charge in [-0.1, -0.05) is 109 Å². The van der Waals surface area contributed by atoms with Crippen LogP contribution < -0.4 is 14.5 Å². The molecular weight excluding hydrogens is 785 g/mol. The number of hydrogen-bond donors (Lipinski definition) is 0. The van der Waals surface area contributed by atoms with Crippen LogP contribution in [0.4, 0.5) is 11.6 Å². The maximum Gasteiger partial charge on any atom is 0.260 e. The standard InChI is InChI=1S/C48H48N8O4S/c1-33-12-17-36(18-13-33)45-40-8-4-6-10-42(40)47(51-49-45)54-24-22-53(23-25-54)44(57)32-60-39-21-14-34(2)38(31-39)30-35-15-19-37(20-16-35)46-41-9-5-7-11-43(41)48(52-50-46)55-26-28-56(29-27-55)61(3,58)59/h4-21,31H,22-30,32H2,1-3H3. The van der Waals surface area contributed by atoms with E-state index in [4.69, 9.17) is 14.9 Å². The van der Waals surface area contributed by atoms with Gasteiger partial charge in [-0.15, -0.1) is 20.4 Å². The van der Waals surface area contributed by atoms with E-state index in [0.29, 0.717) is 64.5 Å². The molecule has 9 rings (SSSR count). The summed E-state index contributed by atoms with van der Waals surface area (Å²) >= 11 is 0. The number of sulfonamides is 1. The number of amides is 1. The lowest BCUT2D eigenvalue weighted by atomic mass is 9.98. The molecule has 61 heavy (non-hydrogen) atoms. The van der Waals surface area contributed by atoms with Gasteiger partial charge in [-0.3, -0.25) is 4.79 Å². The van der Waals surface area contributed by atoms with E-state index in [0.717, 1.165) is 72.4 Å². The van der Waals surface area contributed by atoms with Gasteiger partial charge in [-0.2, -0.15) is 4.31 Å². The summed E-state index contributed by atoms with van der Waals surface area (Å²) in [5.74, 6) is 2.24. The summed E-state index contributed by atoms with van der Waals surface area (Å²) < 4.78 is 31.7. The first-order chi connectivity index (χ1) is 29.6. The summed E-state index contributed by atoms with van der Waals surface area (Å²) in [6, 6.07) is 39.1. The zero-order valence-corrected chi connectivity index (χ0v) is 35.5. The molecule has 2 aliphatic rings. The summed E-state index contributed by atoms with van der Waals surface area (Å²) in [4.78, 5) is 19.6. The zero-order valence-electron chi connectivity index (χ0n) is 34.7. The van der Waals surface area contributed by atoms with E-state index in [1.54, 1.807) is 0 Å². The van der Waals surface area contributed by atoms with Gasteiger partial charge in [0.1, 0.15) is 17.1 Å². The number of anilines is 2. The molecule has 2 aromatic heterocycles. The molecule has 0 radical (unpaired) electrons. The minimum atomic E-state index is -3.23. The van der Waals surface area contributed by atoms with Crippen molar-refractivity contribution in [2.45, 2.75) is 20.3 Å². The van der Waals surface area contributed by atoms with Crippen LogP contribution in [-0.2, 0) is 21.2 Å². The molecule has 0 saturated carbocycles. The summed E-state index contributed by atoms with van der Waals surface area (Å²) in [6.07, 6.45) is 1.96. The van der Waals surface area contributed by atoms with Crippen molar-refractivity contribution < 1.29 is 17.9 Å². The largest absolute Gasteiger partial charge is 0.484 e. The highest BCUT2D eigenvalue weighted by Gasteiger charge is 2.27. The molecule has 0 N–H and O–H groups in total. The normalized spacial score (nSPS) is 15.1. The number of carbonyl (C=O) groups excluding carboxylic acids is 1. The third-order valence-corrected chi connectivity index (χ3v) is 13.2. The first-order valence-corrected chi connectivity index (χ1v) is 22.6. The average Bonchev–Trinajstić information content (AvgIpc) is 3.29. The van der Waals surface area contributed by atoms with Crippen molar-refractivity contribution >= 4 is 49.1 Å². The Labute approximate surface area is 356 Å². The van der Waals surface area contributed by atoms with Crippen molar-refractivity contribution in [1.82, 2.24) is 29.6 Å². The van der Waals surface area contributed by atoms with Crippen LogP contribution in [0.3, 0.4) is 0 Å². The van der Waals surface area contributed by atoms with Gasteiger partial charge in [-0.05, 0) is 49.1 Å². The van der Waals surface area contributed by atoms with E-state index in [1.807, 2.05) is 47.4 Å². The number of piperazine rings is 2. The van der Waals surface area contributed by atoms with E-state index in [2.05, 4.69) is 107 Å². The fourth-order valence-corrected chi connectivity index (χ4v) is 9.18. The quantitative estimate of drug-likeness (QED) is 0.143. The second kappa shape index (κ2) is 16.9. The Morgan fingerprint density at radius 3 is 1.66 bits per heavy atom. The number of fused-ring (bicyclic) bond motifs is 2. The van der Waals surface area contributed by atoms with E-state index in [1.165, 1.54) is 16.1 Å². The molecule has 5 aromatic carbocycles. The van der Waals surface area contributed by atoms with Crippen molar-refractivity contribution in [1.29, 1.82) is 0 Å². The molecular formula is C48H48N8O4S. The number of carbonyl (C=O) groups is 1. The third-order valence-electron chi connectivity index (χ3n) is 11.9. The fourth-order valence-electron chi connectivity index (χ4n) is 8.35. The number of nitrogens with zero attached hydrogens (tertiary/aromatic N) is 8. The SMILES string of the molecule is Cc1ccc(-c2nnc(N3CCN(C(=O)COc4ccc(C)c(Cc5ccc(-c6nnc(N7CCN(S(C)(=O)=O)CC7)c7ccccc67)cc5)c4)CC3)c3ccccc23)cc1. The second-order valence-corrected chi connectivity index (χ2v) is 18.0. The first kappa shape index (κ1) is 40.0. The van der Waals surface area contributed by atoms with Gasteiger partial charge in [0, 0.05) is 85.0 Å². The van der Waals surface area contributed by atoms with Crippen LogP contribution in [0, 0.1) is 13.8 Å². The van der Waals surface area contributed by atoms with Crippen molar-refractivity contribution in [2.75, 3.05) is 75.0 Å². The minimum Gasteiger partial charge on any atom is -0.484 e. The van der Waals surface area contributed by atoms with Crippen LogP contribution in [0.1, 0.15) is 22.3 Å². The van der Waals surface area contributed by atoms with Crippen LogP contribution >= 0.6 is 0 Å². The van der Waals surface area contributed by atoms with Crippen molar-refractivity contribution in [3.05, 3.63) is 138 Å². The van der Waals surface area contributed by atoms with E-state index < -0.39 is 10.0 Å². The molecule has 7 aromatic rings. The molecule has 2 aliphatic heterocycles. The Bertz CT molecular complexity index is 2840. The minimum absolute atomic E-state index is 0.0319. The van der Waals surface area contributed by atoms with Gasteiger partial charge < -0.3 is 19.4 Å². The van der Waals surface area contributed by atoms with Gasteiger partial charge in [0.2, 0.25) is 10.0 Å². The molecule has 0 aliphatic carbocycles. The molecule has 0 unspecified atom stereocenters. The highest BCUT2D eigenvalue weighted by Crippen LogP contribution is 2.34. The van der Waals surface area contributed by atoms with E-state index >= 15 is 0 Å². The highest BCUT2D eigenvalue weighted by molar-refractivity contribution is 7.88.